The van der Waals surface area contributed by atoms with Gasteiger partial charge in [-0.2, -0.15) is 0 Å². The Hall–Kier alpha value is -3.20. The molecular weight excluding hydrogens is 298 g/mol. The number of nitrogens with zero attached hydrogens (tertiary/aromatic N) is 1. The SMILES string of the molecule is O=Cc1ccc(-c2cc3cc(Cc4ccccc4)ccc3o2)nc1. The Balaban J connectivity index is 1.66. The van der Waals surface area contributed by atoms with Crippen LogP contribution in [0, 0.1) is 0 Å². The van der Waals surface area contributed by atoms with Crippen molar-refractivity contribution in [2.24, 2.45) is 0 Å². The molecule has 0 saturated heterocycles. The van der Waals surface area contributed by atoms with Gasteiger partial charge in [0.1, 0.15) is 11.3 Å². The lowest BCUT2D eigenvalue weighted by Gasteiger charge is -2.01. The summed E-state index contributed by atoms with van der Waals surface area (Å²) >= 11 is 0. The number of carbonyl (C=O) groups is 1. The lowest BCUT2D eigenvalue weighted by Crippen LogP contribution is -1.86. The molecule has 3 heteroatoms. The molecular formula is C21H15NO2. The summed E-state index contributed by atoms with van der Waals surface area (Å²) in [6.07, 6.45) is 3.23. The summed E-state index contributed by atoms with van der Waals surface area (Å²) in [5.74, 6) is 0.708. The molecule has 0 amide bonds. The van der Waals surface area contributed by atoms with Gasteiger partial charge in [-0.3, -0.25) is 9.78 Å². The molecule has 0 N–H and O–H groups in total. The predicted molar refractivity (Wildman–Crippen MR) is 94.1 cm³/mol. The van der Waals surface area contributed by atoms with Gasteiger partial charge >= 0.3 is 0 Å². The third-order valence-electron chi connectivity index (χ3n) is 4.01. The first-order chi connectivity index (χ1) is 11.8. The van der Waals surface area contributed by atoms with Crippen LogP contribution < -0.4 is 0 Å². The van der Waals surface area contributed by atoms with Gasteiger partial charge in [-0.1, -0.05) is 36.4 Å². The van der Waals surface area contributed by atoms with E-state index in [1.54, 1.807) is 18.3 Å². The average molecular weight is 313 g/mol. The maximum Gasteiger partial charge on any atom is 0.153 e. The van der Waals surface area contributed by atoms with Crippen LogP contribution in [0.25, 0.3) is 22.4 Å². The smallest absolute Gasteiger partial charge is 0.153 e. The monoisotopic (exact) mass is 313 g/mol. The van der Waals surface area contributed by atoms with Gasteiger partial charge in [-0.25, -0.2) is 0 Å². The van der Waals surface area contributed by atoms with Crippen molar-refractivity contribution in [1.29, 1.82) is 0 Å². The van der Waals surface area contributed by atoms with Gasteiger partial charge in [0.15, 0.2) is 12.0 Å². The topological polar surface area (TPSA) is 43.1 Å². The summed E-state index contributed by atoms with van der Waals surface area (Å²) in [5.41, 5.74) is 4.64. The molecule has 0 aliphatic rings. The second-order valence-electron chi connectivity index (χ2n) is 5.74. The van der Waals surface area contributed by atoms with Crippen LogP contribution in [0.1, 0.15) is 21.5 Å². The minimum atomic E-state index is 0.556. The lowest BCUT2D eigenvalue weighted by molar-refractivity contribution is 0.112. The van der Waals surface area contributed by atoms with E-state index < -0.39 is 0 Å². The predicted octanol–water partition coefficient (Wildman–Crippen LogP) is 4.90. The number of hydrogen-bond acceptors (Lipinski definition) is 3. The Kier molecular flexibility index (Phi) is 3.67. The minimum absolute atomic E-state index is 0.556. The number of benzene rings is 2. The van der Waals surface area contributed by atoms with Crippen LogP contribution in [0.2, 0.25) is 0 Å². The van der Waals surface area contributed by atoms with Gasteiger partial charge in [0.05, 0.1) is 0 Å². The molecule has 24 heavy (non-hydrogen) atoms. The molecule has 116 valence electrons. The van der Waals surface area contributed by atoms with E-state index >= 15 is 0 Å². The number of aromatic nitrogens is 1. The minimum Gasteiger partial charge on any atom is -0.454 e. The molecule has 2 heterocycles. The van der Waals surface area contributed by atoms with E-state index in [4.69, 9.17) is 4.42 Å². The van der Waals surface area contributed by atoms with Crippen molar-refractivity contribution in [3.05, 3.63) is 89.6 Å². The highest BCUT2D eigenvalue weighted by atomic mass is 16.3. The Morgan fingerprint density at radius 2 is 1.79 bits per heavy atom. The van der Waals surface area contributed by atoms with E-state index in [1.807, 2.05) is 18.2 Å². The summed E-state index contributed by atoms with van der Waals surface area (Å²) in [7, 11) is 0. The molecule has 4 aromatic rings. The van der Waals surface area contributed by atoms with E-state index in [0.29, 0.717) is 11.3 Å². The largest absolute Gasteiger partial charge is 0.454 e. The van der Waals surface area contributed by atoms with Crippen LogP contribution in [0.4, 0.5) is 0 Å². The second-order valence-corrected chi connectivity index (χ2v) is 5.74. The molecule has 0 saturated carbocycles. The highest BCUT2D eigenvalue weighted by Crippen LogP contribution is 2.28. The molecule has 0 bridgehead atoms. The molecule has 0 aliphatic heterocycles. The van der Waals surface area contributed by atoms with Crippen molar-refractivity contribution in [2.75, 3.05) is 0 Å². The number of pyridine rings is 1. The molecule has 0 radical (unpaired) electrons. The van der Waals surface area contributed by atoms with Gasteiger partial charge in [-0.15, -0.1) is 0 Å². The third kappa shape index (κ3) is 2.84. The van der Waals surface area contributed by atoms with Crippen LogP contribution in [-0.2, 0) is 6.42 Å². The molecule has 0 spiro atoms. The number of hydrogen-bond donors (Lipinski definition) is 0. The molecule has 4 rings (SSSR count). The average Bonchev–Trinajstić information content (AvgIpc) is 3.06. The molecule has 3 nitrogen and oxygen atoms in total. The standard InChI is InChI=1S/C21H15NO2/c23-14-17-6-8-19(22-13-17)21-12-18-11-16(7-9-20(18)24-21)10-15-4-2-1-3-5-15/h1-9,11-14H,10H2. The number of fused-ring (bicyclic) bond motifs is 1. The Morgan fingerprint density at radius 1 is 0.917 bits per heavy atom. The van der Waals surface area contributed by atoms with Gasteiger partial charge in [0.2, 0.25) is 0 Å². The fourth-order valence-electron chi connectivity index (χ4n) is 2.78. The van der Waals surface area contributed by atoms with E-state index in [9.17, 15) is 4.79 Å². The zero-order valence-corrected chi connectivity index (χ0v) is 13.0. The fraction of sp³-hybridized carbons (Fsp3) is 0.0476. The van der Waals surface area contributed by atoms with Crippen LogP contribution in [0.15, 0.2) is 77.3 Å². The third-order valence-corrected chi connectivity index (χ3v) is 4.01. The molecule has 0 atom stereocenters. The van der Waals surface area contributed by atoms with Crippen molar-refractivity contribution in [3.63, 3.8) is 0 Å². The van der Waals surface area contributed by atoms with Crippen molar-refractivity contribution in [1.82, 2.24) is 4.98 Å². The number of carbonyl (C=O) groups excluding carboxylic acids is 1. The summed E-state index contributed by atoms with van der Waals surface area (Å²) in [6.45, 7) is 0. The molecule has 2 aromatic carbocycles. The number of furan rings is 1. The first-order valence-electron chi connectivity index (χ1n) is 7.80. The van der Waals surface area contributed by atoms with Gasteiger partial charge in [0.25, 0.3) is 0 Å². The zero-order valence-electron chi connectivity index (χ0n) is 13.0. The van der Waals surface area contributed by atoms with E-state index in [0.717, 1.165) is 29.4 Å². The second kappa shape index (κ2) is 6.13. The lowest BCUT2D eigenvalue weighted by atomic mass is 10.0. The van der Waals surface area contributed by atoms with Crippen LogP contribution in [-0.4, -0.2) is 11.3 Å². The van der Waals surface area contributed by atoms with Crippen molar-refractivity contribution in [2.45, 2.75) is 6.42 Å². The summed E-state index contributed by atoms with van der Waals surface area (Å²) < 4.78 is 5.88. The summed E-state index contributed by atoms with van der Waals surface area (Å²) in [5, 5.41) is 1.06. The van der Waals surface area contributed by atoms with E-state index in [2.05, 4.69) is 41.4 Å². The van der Waals surface area contributed by atoms with Crippen LogP contribution in [0.3, 0.4) is 0 Å². The highest BCUT2D eigenvalue weighted by Gasteiger charge is 2.08. The van der Waals surface area contributed by atoms with Gasteiger partial charge in [-0.05, 0) is 47.9 Å². The van der Waals surface area contributed by atoms with E-state index in [1.165, 1.54) is 11.1 Å². The van der Waals surface area contributed by atoms with Crippen molar-refractivity contribution < 1.29 is 9.21 Å². The van der Waals surface area contributed by atoms with Crippen LogP contribution in [0.5, 0.6) is 0 Å². The highest BCUT2D eigenvalue weighted by molar-refractivity contribution is 5.83. The maximum absolute atomic E-state index is 10.7. The Morgan fingerprint density at radius 3 is 2.54 bits per heavy atom. The molecule has 0 fully saturated rings. The van der Waals surface area contributed by atoms with Gasteiger partial charge < -0.3 is 4.42 Å². The molecule has 0 aliphatic carbocycles. The fourth-order valence-corrected chi connectivity index (χ4v) is 2.78. The summed E-state index contributed by atoms with van der Waals surface area (Å²) in [6, 6.07) is 22.2. The van der Waals surface area contributed by atoms with Gasteiger partial charge in [0, 0.05) is 17.1 Å². The first-order valence-corrected chi connectivity index (χ1v) is 7.80. The zero-order chi connectivity index (χ0) is 16.4. The first kappa shape index (κ1) is 14.4. The maximum atomic E-state index is 10.7. The van der Waals surface area contributed by atoms with Crippen molar-refractivity contribution >= 4 is 17.3 Å². The summed E-state index contributed by atoms with van der Waals surface area (Å²) in [4.78, 5) is 15.0. The Labute approximate surface area is 139 Å². The molecule has 0 unspecified atom stereocenters. The molecule has 2 aromatic heterocycles. The van der Waals surface area contributed by atoms with Crippen molar-refractivity contribution in [3.8, 4) is 11.5 Å². The number of aldehydes is 1. The Bertz CT molecular complexity index is 985. The number of rotatable bonds is 4. The normalized spacial score (nSPS) is 10.8. The van der Waals surface area contributed by atoms with Crippen LogP contribution >= 0.6 is 0 Å². The quantitative estimate of drug-likeness (QED) is 0.503. The van der Waals surface area contributed by atoms with E-state index in [-0.39, 0.29) is 0 Å².